The molecule has 6 heteroatoms. The van der Waals surface area contributed by atoms with Gasteiger partial charge in [0.15, 0.2) is 0 Å². The van der Waals surface area contributed by atoms with Crippen molar-refractivity contribution >= 4 is 5.91 Å². The van der Waals surface area contributed by atoms with Crippen molar-refractivity contribution in [1.82, 2.24) is 15.1 Å². The average molecular weight is 235 g/mol. The van der Waals surface area contributed by atoms with Crippen LogP contribution in [0.5, 0.6) is 0 Å². The molecule has 0 aromatic heterocycles. The number of amides is 1. The lowest BCUT2D eigenvalue weighted by Crippen LogP contribution is -2.41. The van der Waals surface area contributed by atoms with Crippen molar-refractivity contribution in [2.24, 2.45) is 0 Å². The third-order valence-corrected chi connectivity index (χ3v) is 2.67. The molecule has 1 saturated heterocycles. The Morgan fingerprint density at radius 3 is 2.59 bits per heavy atom. The second-order valence-electron chi connectivity index (χ2n) is 3.95. The predicted octanol–water partition coefficient (Wildman–Crippen LogP) is -0.843. The van der Waals surface area contributed by atoms with Gasteiger partial charge in [0.1, 0.15) is 13.1 Å². The summed E-state index contributed by atoms with van der Waals surface area (Å²) in [5.74, 6) is -0.144. The first-order valence-corrected chi connectivity index (χ1v) is 5.72. The van der Waals surface area contributed by atoms with Gasteiger partial charge in [-0.15, -0.1) is 0 Å². The van der Waals surface area contributed by atoms with Crippen molar-refractivity contribution in [2.75, 3.05) is 45.8 Å². The lowest BCUT2D eigenvalue weighted by molar-refractivity contribution is -0.131. The summed E-state index contributed by atoms with van der Waals surface area (Å²) in [6.07, 6.45) is 1.02. The second-order valence-corrected chi connectivity index (χ2v) is 3.95. The summed E-state index contributed by atoms with van der Waals surface area (Å²) in [6.45, 7) is 3.83. The Morgan fingerprint density at radius 1 is 1.24 bits per heavy atom. The molecule has 0 aliphatic carbocycles. The second kappa shape index (κ2) is 7.61. The van der Waals surface area contributed by atoms with Crippen molar-refractivity contribution < 1.29 is 4.79 Å². The fourth-order valence-electron chi connectivity index (χ4n) is 1.75. The number of nitrogens with one attached hydrogen (secondary N) is 1. The van der Waals surface area contributed by atoms with Crippen molar-refractivity contribution in [1.29, 1.82) is 10.5 Å². The molecule has 1 heterocycles. The first-order valence-electron chi connectivity index (χ1n) is 5.72. The monoisotopic (exact) mass is 235 g/mol. The SMILES string of the molecule is N#CCN(CC#N)C(=O)CN1CCCNCC1. The number of nitriles is 2. The van der Waals surface area contributed by atoms with Crippen LogP contribution in [0.3, 0.4) is 0 Å². The summed E-state index contributed by atoms with van der Waals surface area (Å²) >= 11 is 0. The molecule has 1 amide bonds. The van der Waals surface area contributed by atoms with Gasteiger partial charge in [0.05, 0.1) is 18.7 Å². The van der Waals surface area contributed by atoms with Crippen molar-refractivity contribution in [2.45, 2.75) is 6.42 Å². The summed E-state index contributed by atoms with van der Waals surface area (Å²) in [5.41, 5.74) is 0. The van der Waals surface area contributed by atoms with Crippen LogP contribution in [0.4, 0.5) is 0 Å². The van der Waals surface area contributed by atoms with E-state index in [0.717, 1.165) is 32.6 Å². The minimum absolute atomic E-state index is 0.0154. The maximum Gasteiger partial charge on any atom is 0.238 e. The Kier molecular flexibility index (Phi) is 6.02. The Bertz CT molecular complexity index is 306. The standard InChI is InChI=1S/C11H17N5O/c12-2-7-16(8-3-13)11(17)10-15-6-1-4-14-5-9-15/h14H,1,4-10H2. The van der Waals surface area contributed by atoms with Crippen LogP contribution in [-0.4, -0.2) is 61.5 Å². The topological polar surface area (TPSA) is 83.2 Å². The fourth-order valence-corrected chi connectivity index (χ4v) is 1.75. The van der Waals surface area contributed by atoms with Gasteiger partial charge in [-0.05, 0) is 19.5 Å². The van der Waals surface area contributed by atoms with Crippen LogP contribution in [0.1, 0.15) is 6.42 Å². The van der Waals surface area contributed by atoms with Gasteiger partial charge in [0, 0.05) is 13.1 Å². The molecular weight excluding hydrogens is 218 g/mol. The Hall–Kier alpha value is -1.63. The van der Waals surface area contributed by atoms with Crippen LogP contribution in [0, 0.1) is 22.7 Å². The van der Waals surface area contributed by atoms with E-state index < -0.39 is 0 Å². The zero-order valence-corrected chi connectivity index (χ0v) is 9.85. The zero-order chi connectivity index (χ0) is 12.5. The largest absolute Gasteiger partial charge is 0.315 e. The van der Waals surface area contributed by atoms with Crippen molar-refractivity contribution in [3.8, 4) is 12.1 Å². The molecule has 17 heavy (non-hydrogen) atoms. The van der Waals surface area contributed by atoms with Crippen molar-refractivity contribution in [3.63, 3.8) is 0 Å². The molecular formula is C11H17N5O. The van der Waals surface area contributed by atoms with Crippen molar-refractivity contribution in [3.05, 3.63) is 0 Å². The van der Waals surface area contributed by atoms with Gasteiger partial charge in [-0.2, -0.15) is 10.5 Å². The lowest BCUT2D eigenvalue weighted by Gasteiger charge is -2.22. The van der Waals surface area contributed by atoms with Gasteiger partial charge in [-0.25, -0.2) is 0 Å². The highest BCUT2D eigenvalue weighted by Gasteiger charge is 2.17. The van der Waals surface area contributed by atoms with Gasteiger partial charge in [-0.1, -0.05) is 0 Å². The van der Waals surface area contributed by atoms with Crippen LogP contribution in [0.25, 0.3) is 0 Å². The van der Waals surface area contributed by atoms with E-state index in [2.05, 4.69) is 10.2 Å². The molecule has 0 atom stereocenters. The summed E-state index contributed by atoms with van der Waals surface area (Å²) in [7, 11) is 0. The number of hydrogen-bond donors (Lipinski definition) is 1. The highest BCUT2D eigenvalue weighted by Crippen LogP contribution is 1.98. The highest BCUT2D eigenvalue weighted by molar-refractivity contribution is 5.78. The number of carbonyl (C=O) groups is 1. The lowest BCUT2D eigenvalue weighted by atomic mass is 10.3. The van der Waals surface area contributed by atoms with Gasteiger partial charge >= 0.3 is 0 Å². The first-order chi connectivity index (χ1) is 8.27. The normalized spacial score (nSPS) is 16.6. The van der Waals surface area contributed by atoms with E-state index in [0.29, 0.717) is 6.54 Å². The van der Waals surface area contributed by atoms with E-state index in [-0.39, 0.29) is 19.0 Å². The molecule has 1 rings (SSSR count). The summed E-state index contributed by atoms with van der Waals surface area (Å²) in [5, 5.41) is 20.4. The van der Waals surface area contributed by atoms with E-state index in [4.69, 9.17) is 10.5 Å². The average Bonchev–Trinajstić information content (AvgIpc) is 2.57. The van der Waals surface area contributed by atoms with Crippen LogP contribution in [-0.2, 0) is 4.79 Å². The number of nitrogens with zero attached hydrogens (tertiary/aromatic N) is 4. The van der Waals surface area contributed by atoms with E-state index in [1.807, 2.05) is 12.1 Å². The molecule has 0 bridgehead atoms. The van der Waals surface area contributed by atoms with Gasteiger partial charge in [0.2, 0.25) is 5.91 Å². The number of rotatable bonds is 4. The molecule has 1 aliphatic heterocycles. The maximum absolute atomic E-state index is 11.9. The molecule has 1 aliphatic rings. The van der Waals surface area contributed by atoms with Crippen LogP contribution in [0.2, 0.25) is 0 Å². The van der Waals surface area contributed by atoms with E-state index in [1.54, 1.807) is 0 Å². The summed E-state index contributed by atoms with van der Waals surface area (Å²) in [6, 6.07) is 3.81. The molecule has 0 radical (unpaired) electrons. The van der Waals surface area contributed by atoms with E-state index in [9.17, 15) is 4.79 Å². The van der Waals surface area contributed by atoms with Crippen LogP contribution < -0.4 is 5.32 Å². The Labute approximate surface area is 101 Å². The third-order valence-electron chi connectivity index (χ3n) is 2.67. The summed E-state index contributed by atoms with van der Waals surface area (Å²) in [4.78, 5) is 15.2. The van der Waals surface area contributed by atoms with E-state index >= 15 is 0 Å². The van der Waals surface area contributed by atoms with Gasteiger partial charge < -0.3 is 10.2 Å². The first kappa shape index (κ1) is 13.4. The van der Waals surface area contributed by atoms with Crippen LogP contribution >= 0.6 is 0 Å². The molecule has 92 valence electrons. The van der Waals surface area contributed by atoms with Gasteiger partial charge in [-0.3, -0.25) is 9.69 Å². The smallest absolute Gasteiger partial charge is 0.238 e. The molecule has 0 saturated carbocycles. The highest BCUT2D eigenvalue weighted by atomic mass is 16.2. The Morgan fingerprint density at radius 2 is 1.94 bits per heavy atom. The Balaban J connectivity index is 2.45. The number of hydrogen-bond acceptors (Lipinski definition) is 5. The fraction of sp³-hybridized carbons (Fsp3) is 0.727. The molecule has 6 nitrogen and oxygen atoms in total. The predicted molar refractivity (Wildman–Crippen MR) is 61.7 cm³/mol. The van der Waals surface area contributed by atoms with E-state index in [1.165, 1.54) is 4.90 Å². The molecule has 0 unspecified atom stereocenters. The zero-order valence-electron chi connectivity index (χ0n) is 9.85. The minimum Gasteiger partial charge on any atom is -0.315 e. The van der Waals surface area contributed by atoms with Crippen LogP contribution in [0.15, 0.2) is 0 Å². The number of carbonyl (C=O) groups excluding carboxylic acids is 1. The summed E-state index contributed by atoms with van der Waals surface area (Å²) < 4.78 is 0. The molecule has 1 N–H and O–H groups in total. The molecule has 0 aromatic rings. The minimum atomic E-state index is -0.144. The quantitative estimate of drug-likeness (QED) is 0.642. The van der Waals surface area contributed by atoms with Gasteiger partial charge in [0.25, 0.3) is 0 Å². The maximum atomic E-state index is 11.9. The third kappa shape index (κ3) is 4.81. The molecule has 0 aromatic carbocycles. The molecule has 1 fully saturated rings. The molecule has 0 spiro atoms.